The first kappa shape index (κ1) is 11.0. The van der Waals surface area contributed by atoms with E-state index in [9.17, 15) is 0 Å². The maximum absolute atomic E-state index is 5.69. The predicted octanol–water partition coefficient (Wildman–Crippen LogP) is 1.34. The Bertz CT molecular complexity index is 353. The number of rotatable bonds is 2. The molecule has 1 aromatic rings. The summed E-state index contributed by atoms with van der Waals surface area (Å²) in [6.07, 6.45) is 4.71. The van der Waals surface area contributed by atoms with E-state index in [0.29, 0.717) is 0 Å². The molecule has 17 heavy (non-hydrogen) atoms. The number of morpholine rings is 1. The van der Waals surface area contributed by atoms with Gasteiger partial charge in [-0.1, -0.05) is 0 Å². The van der Waals surface area contributed by atoms with E-state index in [-0.39, 0.29) is 6.10 Å². The third-order valence-corrected chi connectivity index (χ3v) is 3.50. The summed E-state index contributed by atoms with van der Waals surface area (Å²) < 4.78 is 5.69. The van der Waals surface area contributed by atoms with Gasteiger partial charge in [-0.25, -0.2) is 0 Å². The smallest absolute Gasteiger partial charge is 0.112 e. The van der Waals surface area contributed by atoms with E-state index in [2.05, 4.69) is 27.3 Å². The van der Waals surface area contributed by atoms with Crippen LogP contribution in [0.15, 0.2) is 18.3 Å². The van der Waals surface area contributed by atoms with Crippen LogP contribution in [0.5, 0.6) is 0 Å². The molecule has 0 amide bonds. The van der Waals surface area contributed by atoms with E-state index in [4.69, 9.17) is 4.74 Å². The lowest BCUT2D eigenvalue weighted by Crippen LogP contribution is -2.33. The Balaban J connectivity index is 1.70. The van der Waals surface area contributed by atoms with Gasteiger partial charge >= 0.3 is 0 Å². The first-order chi connectivity index (χ1) is 8.43. The maximum Gasteiger partial charge on any atom is 0.112 e. The molecule has 3 heterocycles. The molecule has 0 aromatic carbocycles. The number of pyridine rings is 1. The molecule has 1 unspecified atom stereocenters. The van der Waals surface area contributed by atoms with Crippen molar-refractivity contribution in [2.75, 3.05) is 37.7 Å². The number of anilines is 1. The van der Waals surface area contributed by atoms with Crippen molar-refractivity contribution >= 4 is 5.69 Å². The fourth-order valence-corrected chi connectivity index (χ4v) is 2.51. The lowest BCUT2D eigenvalue weighted by molar-refractivity contribution is 0.0250. The average molecular weight is 233 g/mol. The van der Waals surface area contributed by atoms with Crippen LogP contribution >= 0.6 is 0 Å². The quantitative estimate of drug-likeness (QED) is 0.836. The Hall–Kier alpha value is -1.13. The Morgan fingerprint density at radius 3 is 2.82 bits per heavy atom. The molecule has 0 bridgehead atoms. The maximum atomic E-state index is 5.69. The van der Waals surface area contributed by atoms with Crippen LogP contribution in [0, 0.1) is 0 Å². The summed E-state index contributed by atoms with van der Waals surface area (Å²) in [6, 6.07) is 4.27. The van der Waals surface area contributed by atoms with Crippen LogP contribution in [-0.4, -0.2) is 37.8 Å². The van der Waals surface area contributed by atoms with Crippen LogP contribution in [0.2, 0.25) is 0 Å². The van der Waals surface area contributed by atoms with Crippen molar-refractivity contribution in [3.8, 4) is 0 Å². The van der Waals surface area contributed by atoms with E-state index >= 15 is 0 Å². The van der Waals surface area contributed by atoms with Crippen LogP contribution in [0.3, 0.4) is 0 Å². The fraction of sp³-hybridized carbons (Fsp3) is 0.615. The first-order valence-corrected chi connectivity index (χ1v) is 6.47. The van der Waals surface area contributed by atoms with Crippen molar-refractivity contribution in [3.63, 3.8) is 0 Å². The average Bonchev–Trinajstić information content (AvgIpc) is 2.94. The van der Waals surface area contributed by atoms with Crippen LogP contribution in [0.1, 0.15) is 24.6 Å². The summed E-state index contributed by atoms with van der Waals surface area (Å²) in [7, 11) is 0. The molecule has 1 aromatic heterocycles. The lowest BCUT2D eigenvalue weighted by Gasteiger charge is -2.24. The predicted molar refractivity (Wildman–Crippen MR) is 67.2 cm³/mol. The van der Waals surface area contributed by atoms with Crippen LogP contribution < -0.4 is 10.2 Å². The molecule has 0 saturated carbocycles. The third kappa shape index (κ3) is 2.42. The van der Waals surface area contributed by atoms with Crippen molar-refractivity contribution < 1.29 is 4.74 Å². The van der Waals surface area contributed by atoms with Gasteiger partial charge < -0.3 is 15.0 Å². The minimum absolute atomic E-state index is 0.122. The Morgan fingerprint density at radius 2 is 2.18 bits per heavy atom. The van der Waals surface area contributed by atoms with Gasteiger partial charge in [0.1, 0.15) is 6.10 Å². The van der Waals surface area contributed by atoms with Gasteiger partial charge in [-0.3, -0.25) is 4.98 Å². The summed E-state index contributed by atoms with van der Waals surface area (Å²) in [4.78, 5) is 6.94. The molecule has 1 N–H and O–H groups in total. The van der Waals surface area contributed by atoms with Crippen LogP contribution in [0.25, 0.3) is 0 Å². The van der Waals surface area contributed by atoms with Gasteiger partial charge in [0.2, 0.25) is 0 Å². The van der Waals surface area contributed by atoms with Crippen molar-refractivity contribution in [2.45, 2.75) is 18.9 Å². The molecule has 0 radical (unpaired) electrons. The van der Waals surface area contributed by atoms with Gasteiger partial charge in [0.15, 0.2) is 0 Å². The molecule has 92 valence electrons. The van der Waals surface area contributed by atoms with E-state index in [1.54, 1.807) is 0 Å². The standard InChI is InChI=1S/C13H19N3O/c1-2-7-16(6-1)11-3-4-12(15-9-11)13-10-14-5-8-17-13/h3-4,9,13-14H,1-2,5-8,10H2. The summed E-state index contributed by atoms with van der Waals surface area (Å²) in [5.74, 6) is 0. The normalized spacial score (nSPS) is 25.2. The topological polar surface area (TPSA) is 37.4 Å². The van der Waals surface area contributed by atoms with Crippen molar-refractivity contribution in [3.05, 3.63) is 24.0 Å². The number of ether oxygens (including phenoxy) is 1. The molecule has 1 atom stereocenters. The zero-order valence-electron chi connectivity index (χ0n) is 10.1. The summed E-state index contributed by atoms with van der Waals surface area (Å²) in [6.45, 7) is 4.93. The minimum atomic E-state index is 0.122. The second-order valence-electron chi connectivity index (χ2n) is 4.70. The zero-order valence-corrected chi connectivity index (χ0v) is 10.1. The molecular weight excluding hydrogens is 214 g/mol. The second kappa shape index (κ2) is 5.02. The number of aromatic nitrogens is 1. The summed E-state index contributed by atoms with van der Waals surface area (Å²) in [5.41, 5.74) is 2.29. The molecule has 2 aliphatic heterocycles. The molecule has 4 nitrogen and oxygen atoms in total. The largest absolute Gasteiger partial charge is 0.370 e. The highest BCUT2D eigenvalue weighted by Crippen LogP contribution is 2.22. The fourth-order valence-electron chi connectivity index (χ4n) is 2.51. The van der Waals surface area contributed by atoms with Gasteiger partial charge in [-0.15, -0.1) is 0 Å². The van der Waals surface area contributed by atoms with Gasteiger partial charge in [0.25, 0.3) is 0 Å². The monoisotopic (exact) mass is 233 g/mol. The summed E-state index contributed by atoms with van der Waals surface area (Å²) >= 11 is 0. The highest BCUT2D eigenvalue weighted by Gasteiger charge is 2.18. The zero-order chi connectivity index (χ0) is 11.5. The Kier molecular flexibility index (Phi) is 3.25. The number of nitrogens with one attached hydrogen (secondary N) is 1. The highest BCUT2D eigenvalue weighted by atomic mass is 16.5. The van der Waals surface area contributed by atoms with E-state index in [1.165, 1.54) is 31.6 Å². The van der Waals surface area contributed by atoms with Gasteiger partial charge in [-0.05, 0) is 25.0 Å². The van der Waals surface area contributed by atoms with Crippen molar-refractivity contribution in [1.29, 1.82) is 0 Å². The molecule has 0 aliphatic carbocycles. The van der Waals surface area contributed by atoms with E-state index in [0.717, 1.165) is 25.4 Å². The SMILES string of the molecule is c1cc(C2CNCCO2)ncc1N1CCCC1. The van der Waals surface area contributed by atoms with Gasteiger partial charge in [0.05, 0.1) is 24.2 Å². The third-order valence-electron chi connectivity index (χ3n) is 3.50. The van der Waals surface area contributed by atoms with Crippen molar-refractivity contribution in [2.24, 2.45) is 0 Å². The number of hydrogen-bond acceptors (Lipinski definition) is 4. The molecule has 4 heteroatoms. The second-order valence-corrected chi connectivity index (χ2v) is 4.70. The van der Waals surface area contributed by atoms with Gasteiger partial charge in [-0.2, -0.15) is 0 Å². The molecule has 3 rings (SSSR count). The number of hydrogen-bond donors (Lipinski definition) is 1. The molecule has 2 fully saturated rings. The summed E-state index contributed by atoms with van der Waals surface area (Å²) in [5, 5.41) is 3.33. The van der Waals surface area contributed by atoms with Crippen molar-refractivity contribution in [1.82, 2.24) is 10.3 Å². The molecule has 2 aliphatic rings. The van der Waals surface area contributed by atoms with Gasteiger partial charge in [0, 0.05) is 26.2 Å². The Morgan fingerprint density at radius 1 is 1.29 bits per heavy atom. The minimum Gasteiger partial charge on any atom is -0.370 e. The highest BCUT2D eigenvalue weighted by molar-refractivity contribution is 5.45. The van der Waals surface area contributed by atoms with Crippen LogP contribution in [0.4, 0.5) is 5.69 Å². The molecule has 0 spiro atoms. The Labute approximate surface area is 102 Å². The number of nitrogens with zero attached hydrogens (tertiary/aromatic N) is 2. The first-order valence-electron chi connectivity index (χ1n) is 6.47. The molecular formula is C13H19N3O. The van der Waals surface area contributed by atoms with E-state index < -0.39 is 0 Å². The lowest BCUT2D eigenvalue weighted by atomic mass is 10.2. The molecule has 2 saturated heterocycles. The van der Waals surface area contributed by atoms with Crippen LogP contribution in [-0.2, 0) is 4.74 Å². The van der Waals surface area contributed by atoms with E-state index in [1.807, 2.05) is 6.20 Å².